The second-order valence-electron chi connectivity index (χ2n) is 4.56. The average molecular weight is 353 g/mol. The van der Waals surface area contributed by atoms with Crippen LogP contribution in [0.15, 0.2) is 26.9 Å². The van der Waals surface area contributed by atoms with Crippen molar-refractivity contribution in [3.05, 3.63) is 23.3 Å². The van der Waals surface area contributed by atoms with Crippen LogP contribution in [0.4, 0.5) is 9.93 Å². The summed E-state index contributed by atoms with van der Waals surface area (Å²) >= 11 is 1.41. The maximum absolute atomic E-state index is 11.0. The van der Waals surface area contributed by atoms with Crippen molar-refractivity contribution in [1.29, 1.82) is 0 Å². The number of aliphatic imine (C=N–C) groups is 1. The predicted molar refractivity (Wildman–Crippen MR) is 91.0 cm³/mol. The van der Waals surface area contributed by atoms with Crippen molar-refractivity contribution in [3.8, 4) is 11.5 Å². The number of thiazole rings is 1. The second kappa shape index (κ2) is 9.01. The molecule has 2 heterocycles. The third-order valence-corrected chi connectivity index (χ3v) is 3.65. The molecule has 1 amide bonds. The van der Waals surface area contributed by atoms with Gasteiger partial charge in [-0.05, 0) is 12.1 Å². The lowest BCUT2D eigenvalue weighted by molar-refractivity contribution is 0.116. The lowest BCUT2D eigenvalue weighted by atomic mass is 10.3. The van der Waals surface area contributed by atoms with Crippen molar-refractivity contribution in [3.63, 3.8) is 0 Å². The van der Waals surface area contributed by atoms with Crippen molar-refractivity contribution in [1.82, 2.24) is 10.3 Å². The zero-order valence-corrected chi connectivity index (χ0v) is 14.1. The van der Waals surface area contributed by atoms with Crippen LogP contribution in [0.2, 0.25) is 0 Å². The molecule has 24 heavy (non-hydrogen) atoms. The Labute approximate surface area is 142 Å². The number of furan rings is 1. The van der Waals surface area contributed by atoms with E-state index in [1.165, 1.54) is 31.9 Å². The number of carbonyl (C=O) groups is 1. The first-order valence-electron chi connectivity index (χ1n) is 7.02. The van der Waals surface area contributed by atoms with Crippen LogP contribution in [0, 0.1) is 0 Å². The number of hydrogen-bond acceptors (Lipinski definition) is 8. The summed E-state index contributed by atoms with van der Waals surface area (Å²) in [5, 5.41) is 8.03. The van der Waals surface area contributed by atoms with Crippen LogP contribution in [0.25, 0.3) is 11.5 Å². The number of rotatable bonds is 8. The van der Waals surface area contributed by atoms with Crippen molar-refractivity contribution < 1.29 is 18.7 Å². The number of amides is 1. The molecule has 0 aliphatic heterocycles. The molecule has 0 fully saturated rings. The molecule has 2 aromatic heterocycles. The number of carbonyl (C=O) groups excluding carboxylic acids is 1. The van der Waals surface area contributed by atoms with Gasteiger partial charge in [-0.25, -0.2) is 9.78 Å². The van der Waals surface area contributed by atoms with Crippen molar-refractivity contribution in [2.24, 2.45) is 10.7 Å². The zero-order chi connectivity index (χ0) is 17.4. The van der Waals surface area contributed by atoms with Gasteiger partial charge in [0.25, 0.3) is 0 Å². The Morgan fingerprint density at radius 2 is 2.38 bits per heavy atom. The summed E-state index contributed by atoms with van der Waals surface area (Å²) in [6.07, 6.45) is 0.589. The summed E-state index contributed by atoms with van der Waals surface area (Å²) < 4.78 is 15.0. The van der Waals surface area contributed by atoms with Crippen molar-refractivity contribution >= 4 is 28.9 Å². The molecule has 10 heteroatoms. The number of nitrogens with two attached hydrogens (primary N) is 1. The lowest BCUT2D eigenvalue weighted by Gasteiger charge is -2.03. The maximum Gasteiger partial charge on any atom is 0.407 e. The topological polar surface area (TPSA) is 124 Å². The molecule has 1 unspecified atom stereocenters. The number of ether oxygens (including phenoxy) is 2. The molecule has 2 rings (SSSR count). The molecule has 0 radical (unpaired) electrons. The van der Waals surface area contributed by atoms with E-state index < -0.39 is 12.3 Å². The lowest BCUT2D eigenvalue weighted by Crippen LogP contribution is -2.25. The summed E-state index contributed by atoms with van der Waals surface area (Å²) in [7, 11) is 2.83. The minimum Gasteiger partial charge on any atom is -0.458 e. The van der Waals surface area contributed by atoms with Crippen LogP contribution in [-0.2, 0) is 16.0 Å². The van der Waals surface area contributed by atoms with E-state index in [2.05, 4.69) is 25.3 Å². The standard InChI is InChI=1S/C14H19N5O4S/c1-21-12(15)6-16-8-18-13-19-10(7-24-13)11-4-3-9(23-11)5-17-14(20)22-2/h3-4,7-8,12H,5-6,15H2,1-2H3,(H,17,20)(H,16,18,19). The highest BCUT2D eigenvalue weighted by molar-refractivity contribution is 7.14. The van der Waals surface area contributed by atoms with E-state index in [0.29, 0.717) is 28.9 Å². The quantitative estimate of drug-likeness (QED) is 0.374. The smallest absolute Gasteiger partial charge is 0.407 e. The predicted octanol–water partition coefficient (Wildman–Crippen LogP) is 1.63. The number of alkyl carbamates (subject to hydrolysis) is 1. The summed E-state index contributed by atoms with van der Waals surface area (Å²) in [4.78, 5) is 19.5. The van der Waals surface area contributed by atoms with Gasteiger partial charge in [-0.3, -0.25) is 4.99 Å². The normalized spacial score (nSPS) is 12.3. The average Bonchev–Trinajstić information content (AvgIpc) is 3.25. The van der Waals surface area contributed by atoms with E-state index in [1.54, 1.807) is 12.1 Å². The molecule has 0 aliphatic rings. The fourth-order valence-corrected chi connectivity index (χ4v) is 2.29. The van der Waals surface area contributed by atoms with Crippen molar-refractivity contribution in [2.45, 2.75) is 12.8 Å². The van der Waals surface area contributed by atoms with E-state index >= 15 is 0 Å². The number of aromatic nitrogens is 1. The number of nitrogens with zero attached hydrogens (tertiary/aromatic N) is 2. The van der Waals surface area contributed by atoms with Crippen LogP contribution < -0.4 is 16.4 Å². The third kappa shape index (κ3) is 5.33. The summed E-state index contributed by atoms with van der Waals surface area (Å²) in [6, 6.07) is 3.56. The van der Waals surface area contributed by atoms with E-state index in [4.69, 9.17) is 14.9 Å². The minimum absolute atomic E-state index is 0.244. The van der Waals surface area contributed by atoms with Gasteiger partial charge in [0, 0.05) is 12.5 Å². The van der Waals surface area contributed by atoms with Crippen LogP contribution >= 0.6 is 11.3 Å². The molecule has 0 spiro atoms. The highest BCUT2D eigenvalue weighted by atomic mass is 32.1. The van der Waals surface area contributed by atoms with E-state index in [0.717, 1.165) is 0 Å². The molecule has 130 valence electrons. The fraction of sp³-hybridized carbons (Fsp3) is 0.357. The van der Waals surface area contributed by atoms with Gasteiger partial charge in [0.05, 0.1) is 26.5 Å². The Balaban J connectivity index is 1.88. The summed E-state index contributed by atoms with van der Waals surface area (Å²) in [5.41, 5.74) is 6.25. The van der Waals surface area contributed by atoms with Gasteiger partial charge >= 0.3 is 6.09 Å². The van der Waals surface area contributed by atoms with Crippen LogP contribution in [-0.4, -0.2) is 44.4 Å². The molecular weight excluding hydrogens is 334 g/mol. The Morgan fingerprint density at radius 3 is 3.12 bits per heavy atom. The number of anilines is 1. The molecule has 1 atom stereocenters. The largest absolute Gasteiger partial charge is 0.458 e. The summed E-state index contributed by atoms with van der Waals surface area (Å²) in [5.74, 6) is 1.22. The zero-order valence-electron chi connectivity index (χ0n) is 13.3. The number of nitrogens with one attached hydrogen (secondary N) is 2. The monoisotopic (exact) mass is 353 g/mol. The van der Waals surface area contributed by atoms with Gasteiger partial charge in [0.15, 0.2) is 10.9 Å². The first-order valence-corrected chi connectivity index (χ1v) is 7.90. The Kier molecular flexibility index (Phi) is 6.73. The van der Waals surface area contributed by atoms with E-state index in [-0.39, 0.29) is 6.54 Å². The van der Waals surface area contributed by atoms with Gasteiger partial charge < -0.3 is 30.3 Å². The molecule has 0 saturated carbocycles. The minimum atomic E-state index is -0.513. The SMILES string of the molecule is COC(=O)NCc1ccc(-c2csc(NC=NCC(N)OC)n2)o1. The first kappa shape index (κ1) is 17.9. The Hall–Kier alpha value is -2.43. The summed E-state index contributed by atoms with van der Waals surface area (Å²) in [6.45, 7) is 0.602. The molecule has 4 N–H and O–H groups in total. The van der Waals surface area contributed by atoms with Gasteiger partial charge in [0.1, 0.15) is 17.7 Å². The molecule has 0 saturated heterocycles. The van der Waals surface area contributed by atoms with Crippen LogP contribution in [0.5, 0.6) is 0 Å². The first-order chi connectivity index (χ1) is 11.6. The highest BCUT2D eigenvalue weighted by Gasteiger charge is 2.10. The van der Waals surface area contributed by atoms with Crippen LogP contribution in [0.1, 0.15) is 5.76 Å². The third-order valence-electron chi connectivity index (χ3n) is 2.88. The number of methoxy groups -OCH3 is 2. The highest BCUT2D eigenvalue weighted by Crippen LogP contribution is 2.26. The van der Waals surface area contributed by atoms with E-state index in [1.807, 2.05) is 5.38 Å². The van der Waals surface area contributed by atoms with Gasteiger partial charge in [-0.15, -0.1) is 11.3 Å². The molecular formula is C14H19N5O4S. The van der Waals surface area contributed by atoms with Gasteiger partial charge in [0.2, 0.25) is 0 Å². The number of hydrogen-bond donors (Lipinski definition) is 3. The Morgan fingerprint density at radius 1 is 1.54 bits per heavy atom. The van der Waals surface area contributed by atoms with E-state index in [9.17, 15) is 4.79 Å². The molecule has 0 bridgehead atoms. The van der Waals surface area contributed by atoms with Gasteiger partial charge in [-0.1, -0.05) is 0 Å². The maximum atomic E-state index is 11.0. The molecule has 0 aromatic carbocycles. The molecule has 0 aliphatic carbocycles. The second-order valence-corrected chi connectivity index (χ2v) is 5.42. The van der Waals surface area contributed by atoms with Crippen LogP contribution in [0.3, 0.4) is 0 Å². The fourth-order valence-electron chi connectivity index (χ4n) is 1.63. The van der Waals surface area contributed by atoms with Crippen molar-refractivity contribution in [2.75, 3.05) is 26.1 Å². The molecule has 2 aromatic rings. The Bertz CT molecular complexity index is 684. The molecule has 9 nitrogen and oxygen atoms in total. The van der Waals surface area contributed by atoms with Gasteiger partial charge in [-0.2, -0.15) is 0 Å².